The topological polar surface area (TPSA) is 133 Å². The molecule has 0 aliphatic rings. The number of imidazole rings is 1. The Morgan fingerprint density at radius 2 is 2.24 bits per heavy atom. The summed E-state index contributed by atoms with van der Waals surface area (Å²) in [7, 11) is 0. The number of H-pyrrole nitrogens is 2. The summed E-state index contributed by atoms with van der Waals surface area (Å²) in [6.45, 7) is 2.58. The summed E-state index contributed by atoms with van der Waals surface area (Å²) in [5.74, 6) is 0.00855. The van der Waals surface area contributed by atoms with Gasteiger partial charge in [0.15, 0.2) is 11.2 Å². The molecule has 25 heavy (non-hydrogen) atoms. The van der Waals surface area contributed by atoms with Gasteiger partial charge in [0, 0.05) is 18.3 Å². The number of aromatic amines is 2. The molecule has 4 N–H and O–H groups in total. The summed E-state index contributed by atoms with van der Waals surface area (Å²) in [4.78, 5) is 36.5. The Balaban J connectivity index is 1.96. The number of carboxylic acids is 1. The molecule has 0 saturated heterocycles. The van der Waals surface area contributed by atoms with E-state index in [2.05, 4.69) is 25.3 Å². The van der Waals surface area contributed by atoms with E-state index >= 15 is 0 Å². The van der Waals surface area contributed by atoms with E-state index in [1.807, 2.05) is 6.92 Å². The molecule has 130 valence electrons. The molecule has 0 atom stereocenters. The Hall–Kier alpha value is -3.36. The van der Waals surface area contributed by atoms with E-state index in [1.54, 1.807) is 18.2 Å². The average Bonchev–Trinajstić information content (AvgIpc) is 3.04. The van der Waals surface area contributed by atoms with Crippen LogP contribution in [0.4, 0.5) is 5.69 Å². The van der Waals surface area contributed by atoms with Crippen LogP contribution in [0, 0.1) is 0 Å². The number of carbonyl (C=O) groups is 1. The number of nitrogens with one attached hydrogen (secondary N) is 3. The first-order valence-electron chi connectivity index (χ1n) is 7.74. The summed E-state index contributed by atoms with van der Waals surface area (Å²) in [5, 5.41) is 11.7. The van der Waals surface area contributed by atoms with Crippen LogP contribution in [0.1, 0.15) is 13.3 Å². The Morgan fingerprint density at radius 1 is 1.40 bits per heavy atom. The van der Waals surface area contributed by atoms with Crippen molar-refractivity contribution < 1.29 is 14.6 Å². The lowest BCUT2D eigenvalue weighted by molar-refractivity contribution is -0.136. The Labute approximate surface area is 142 Å². The lowest BCUT2D eigenvalue weighted by Gasteiger charge is -2.12. The molecule has 0 radical (unpaired) electrons. The van der Waals surface area contributed by atoms with Gasteiger partial charge in [-0.1, -0.05) is 0 Å². The number of aliphatic carboxylic acids is 1. The molecule has 9 heteroatoms. The highest BCUT2D eigenvalue weighted by molar-refractivity contribution is 5.75. The molecule has 0 amide bonds. The van der Waals surface area contributed by atoms with Gasteiger partial charge in [-0.2, -0.15) is 0 Å². The lowest BCUT2D eigenvalue weighted by Crippen LogP contribution is -2.10. The molecule has 9 nitrogen and oxygen atoms in total. The summed E-state index contributed by atoms with van der Waals surface area (Å²) < 4.78 is 5.65. The first kappa shape index (κ1) is 16.5. The van der Waals surface area contributed by atoms with Crippen molar-refractivity contribution in [1.82, 2.24) is 19.9 Å². The fourth-order valence-electron chi connectivity index (χ4n) is 2.39. The van der Waals surface area contributed by atoms with Crippen LogP contribution in [0.2, 0.25) is 0 Å². The summed E-state index contributed by atoms with van der Waals surface area (Å²) in [6, 6.07) is 5.27. The van der Waals surface area contributed by atoms with Crippen molar-refractivity contribution in [3.8, 4) is 17.1 Å². The van der Waals surface area contributed by atoms with Gasteiger partial charge in [-0.25, -0.2) is 9.97 Å². The minimum Gasteiger partial charge on any atom is -0.493 e. The minimum atomic E-state index is -0.872. The fourth-order valence-corrected chi connectivity index (χ4v) is 2.39. The molecule has 0 saturated carbocycles. The normalized spacial score (nSPS) is 10.8. The van der Waals surface area contributed by atoms with Gasteiger partial charge in [0.05, 0.1) is 24.9 Å². The molecule has 0 aliphatic heterocycles. The van der Waals surface area contributed by atoms with Crippen LogP contribution in [0.15, 0.2) is 29.3 Å². The Morgan fingerprint density at radius 3 is 3.00 bits per heavy atom. The van der Waals surface area contributed by atoms with E-state index in [-0.39, 0.29) is 12.0 Å². The zero-order chi connectivity index (χ0) is 17.8. The van der Waals surface area contributed by atoms with E-state index in [9.17, 15) is 9.59 Å². The van der Waals surface area contributed by atoms with Gasteiger partial charge >= 0.3 is 5.97 Å². The van der Waals surface area contributed by atoms with Crippen LogP contribution in [-0.2, 0) is 4.79 Å². The van der Waals surface area contributed by atoms with Crippen molar-refractivity contribution >= 4 is 22.8 Å². The number of hydrogen-bond donors (Lipinski definition) is 4. The predicted molar refractivity (Wildman–Crippen MR) is 91.9 cm³/mol. The Bertz CT molecular complexity index is 963. The maximum Gasteiger partial charge on any atom is 0.305 e. The number of rotatable bonds is 7. The van der Waals surface area contributed by atoms with Crippen molar-refractivity contribution in [2.45, 2.75) is 13.3 Å². The van der Waals surface area contributed by atoms with Gasteiger partial charge in [0.25, 0.3) is 5.56 Å². The van der Waals surface area contributed by atoms with Crippen LogP contribution in [-0.4, -0.2) is 44.2 Å². The molecule has 2 heterocycles. The quantitative estimate of drug-likeness (QED) is 0.512. The second kappa shape index (κ2) is 7.04. The third-order valence-electron chi connectivity index (χ3n) is 3.50. The van der Waals surface area contributed by atoms with Crippen molar-refractivity contribution in [2.75, 3.05) is 18.5 Å². The van der Waals surface area contributed by atoms with Crippen LogP contribution >= 0.6 is 0 Å². The number of benzene rings is 1. The molecular weight excluding hydrogens is 326 g/mol. The number of hydrogen-bond acceptors (Lipinski definition) is 6. The molecule has 0 spiro atoms. The highest BCUT2D eigenvalue weighted by Crippen LogP contribution is 2.30. The zero-order valence-electron chi connectivity index (χ0n) is 13.5. The molecule has 0 fully saturated rings. The molecule has 0 unspecified atom stereocenters. The summed E-state index contributed by atoms with van der Waals surface area (Å²) >= 11 is 0. The number of ether oxygens (including phenoxy) is 1. The van der Waals surface area contributed by atoms with E-state index in [1.165, 1.54) is 6.33 Å². The van der Waals surface area contributed by atoms with Gasteiger partial charge < -0.3 is 25.1 Å². The van der Waals surface area contributed by atoms with E-state index < -0.39 is 5.97 Å². The van der Waals surface area contributed by atoms with Gasteiger partial charge in [-0.15, -0.1) is 0 Å². The smallest absolute Gasteiger partial charge is 0.305 e. The Kier molecular flexibility index (Phi) is 4.64. The van der Waals surface area contributed by atoms with Crippen LogP contribution in [0.3, 0.4) is 0 Å². The van der Waals surface area contributed by atoms with Gasteiger partial charge in [0.1, 0.15) is 11.6 Å². The van der Waals surface area contributed by atoms with Gasteiger partial charge in [-0.05, 0) is 19.1 Å². The van der Waals surface area contributed by atoms with Crippen molar-refractivity contribution in [1.29, 1.82) is 0 Å². The molecule has 3 rings (SSSR count). The number of fused-ring (bicyclic) bond motifs is 1. The standard InChI is InChI=1S/C16H17N5O4/c1-2-25-11-7-9(17-6-5-12(22)23)3-4-10(11)14-20-15-13(16(24)21-14)18-8-19-15/h3-4,7-8,17H,2,5-6H2,1H3,(H,22,23)(H2,18,19,20,21,24). The second-order valence-corrected chi connectivity index (χ2v) is 5.23. The van der Waals surface area contributed by atoms with Crippen molar-refractivity contribution in [3.63, 3.8) is 0 Å². The molecule has 1 aromatic carbocycles. The first-order valence-corrected chi connectivity index (χ1v) is 7.74. The molecule has 3 aromatic rings. The number of carboxylic acid groups (broad SMARTS) is 1. The van der Waals surface area contributed by atoms with Gasteiger partial charge in [-0.3, -0.25) is 9.59 Å². The van der Waals surface area contributed by atoms with E-state index in [0.29, 0.717) is 41.5 Å². The number of anilines is 1. The van der Waals surface area contributed by atoms with Crippen molar-refractivity contribution in [2.24, 2.45) is 0 Å². The maximum atomic E-state index is 12.1. The number of nitrogens with zero attached hydrogens (tertiary/aromatic N) is 2. The molecule has 0 aliphatic carbocycles. The molecular formula is C16H17N5O4. The third kappa shape index (κ3) is 3.60. The van der Waals surface area contributed by atoms with Gasteiger partial charge in [0.2, 0.25) is 0 Å². The van der Waals surface area contributed by atoms with Crippen molar-refractivity contribution in [3.05, 3.63) is 34.9 Å². The fraction of sp³-hybridized carbons (Fsp3) is 0.250. The number of aromatic nitrogens is 4. The summed E-state index contributed by atoms with van der Waals surface area (Å²) in [6.07, 6.45) is 1.42. The highest BCUT2D eigenvalue weighted by Gasteiger charge is 2.13. The van der Waals surface area contributed by atoms with Crippen LogP contribution in [0.5, 0.6) is 5.75 Å². The predicted octanol–water partition coefficient (Wildman–Crippen LogP) is 1.60. The first-order chi connectivity index (χ1) is 12.1. The van der Waals surface area contributed by atoms with Crippen LogP contribution < -0.4 is 15.6 Å². The van der Waals surface area contributed by atoms with E-state index in [0.717, 1.165) is 5.69 Å². The van der Waals surface area contributed by atoms with Crippen LogP contribution in [0.25, 0.3) is 22.6 Å². The molecule has 2 aromatic heterocycles. The average molecular weight is 343 g/mol. The molecule has 0 bridgehead atoms. The maximum absolute atomic E-state index is 12.1. The largest absolute Gasteiger partial charge is 0.493 e. The second-order valence-electron chi connectivity index (χ2n) is 5.23. The highest BCUT2D eigenvalue weighted by atomic mass is 16.5. The third-order valence-corrected chi connectivity index (χ3v) is 3.50. The van der Waals surface area contributed by atoms with E-state index in [4.69, 9.17) is 9.84 Å². The zero-order valence-corrected chi connectivity index (χ0v) is 13.5. The minimum absolute atomic E-state index is 0.0103. The summed E-state index contributed by atoms with van der Waals surface area (Å²) in [5.41, 5.74) is 1.66. The monoisotopic (exact) mass is 343 g/mol. The lowest BCUT2D eigenvalue weighted by atomic mass is 10.1. The SMILES string of the molecule is CCOc1cc(NCCC(=O)O)ccc1-c1nc2nc[nH]c2c(=O)[nH]1.